The van der Waals surface area contributed by atoms with Crippen molar-refractivity contribution in [3.05, 3.63) is 35.4 Å². The van der Waals surface area contributed by atoms with Crippen molar-refractivity contribution in [2.75, 3.05) is 19.8 Å². The smallest absolute Gasteiger partial charge is 0.122 e. The molecule has 0 atom stereocenters. The van der Waals surface area contributed by atoms with Crippen LogP contribution in [0.15, 0.2) is 24.3 Å². The van der Waals surface area contributed by atoms with Crippen LogP contribution >= 0.6 is 0 Å². The highest BCUT2D eigenvalue weighted by molar-refractivity contribution is 5.94. The highest BCUT2D eigenvalue weighted by atomic mass is 16.5. The molecule has 0 saturated carbocycles. The van der Waals surface area contributed by atoms with Gasteiger partial charge < -0.3 is 10.5 Å². The number of nitrogen functional groups attached to an aromatic ring is 1. The molecule has 18 heavy (non-hydrogen) atoms. The molecule has 1 aliphatic rings. The van der Waals surface area contributed by atoms with E-state index in [0.717, 1.165) is 31.9 Å². The van der Waals surface area contributed by atoms with Crippen molar-refractivity contribution in [3.63, 3.8) is 0 Å². The maximum atomic E-state index is 7.37. The molecular weight excluding hydrogens is 226 g/mol. The molecular formula is C14H21N3O. The summed E-state index contributed by atoms with van der Waals surface area (Å²) >= 11 is 0. The van der Waals surface area contributed by atoms with Crippen molar-refractivity contribution in [1.82, 2.24) is 4.90 Å². The van der Waals surface area contributed by atoms with Gasteiger partial charge in [-0.2, -0.15) is 0 Å². The summed E-state index contributed by atoms with van der Waals surface area (Å²) in [6.45, 7) is 7.86. The molecule has 3 N–H and O–H groups in total. The maximum absolute atomic E-state index is 7.37. The van der Waals surface area contributed by atoms with Gasteiger partial charge in [-0.05, 0) is 19.4 Å². The molecule has 98 valence electrons. The fraction of sp³-hybridized carbons (Fsp3) is 0.500. The van der Waals surface area contributed by atoms with E-state index in [0.29, 0.717) is 0 Å². The number of hydrogen-bond donors (Lipinski definition) is 2. The lowest BCUT2D eigenvalue weighted by Gasteiger charge is -2.42. The Morgan fingerprint density at radius 2 is 2.06 bits per heavy atom. The van der Waals surface area contributed by atoms with Crippen molar-refractivity contribution in [1.29, 1.82) is 5.41 Å². The molecule has 2 rings (SSSR count). The zero-order valence-electron chi connectivity index (χ0n) is 11.1. The number of benzene rings is 1. The molecule has 0 radical (unpaired) electrons. The number of amidine groups is 1. The Hall–Kier alpha value is -1.39. The zero-order valence-corrected chi connectivity index (χ0v) is 11.1. The molecule has 0 bridgehead atoms. The van der Waals surface area contributed by atoms with E-state index in [1.165, 1.54) is 5.56 Å². The lowest BCUT2D eigenvalue weighted by molar-refractivity contribution is -0.0552. The molecule has 0 spiro atoms. The molecule has 1 aromatic rings. The van der Waals surface area contributed by atoms with Crippen LogP contribution in [0, 0.1) is 5.41 Å². The van der Waals surface area contributed by atoms with Gasteiger partial charge in [0.1, 0.15) is 5.84 Å². The van der Waals surface area contributed by atoms with Crippen molar-refractivity contribution in [2.45, 2.75) is 25.9 Å². The van der Waals surface area contributed by atoms with E-state index in [9.17, 15) is 0 Å². The predicted octanol–water partition coefficient (Wildman–Crippen LogP) is 1.58. The number of morpholine rings is 1. The molecule has 0 amide bonds. The van der Waals surface area contributed by atoms with Gasteiger partial charge in [-0.1, -0.05) is 24.3 Å². The van der Waals surface area contributed by atoms with Gasteiger partial charge in [0.25, 0.3) is 0 Å². The number of nitrogens with two attached hydrogens (primary N) is 1. The van der Waals surface area contributed by atoms with E-state index >= 15 is 0 Å². The van der Waals surface area contributed by atoms with Gasteiger partial charge in [-0.3, -0.25) is 10.3 Å². The minimum Gasteiger partial charge on any atom is -0.384 e. The van der Waals surface area contributed by atoms with Crippen molar-refractivity contribution in [2.24, 2.45) is 5.73 Å². The van der Waals surface area contributed by atoms with Gasteiger partial charge in [0, 0.05) is 24.2 Å². The van der Waals surface area contributed by atoms with Gasteiger partial charge >= 0.3 is 0 Å². The van der Waals surface area contributed by atoms with E-state index in [-0.39, 0.29) is 11.4 Å². The average molecular weight is 247 g/mol. The van der Waals surface area contributed by atoms with E-state index in [1.807, 2.05) is 24.3 Å². The average Bonchev–Trinajstić information content (AvgIpc) is 2.32. The van der Waals surface area contributed by atoms with Crippen molar-refractivity contribution in [3.8, 4) is 0 Å². The first-order valence-electron chi connectivity index (χ1n) is 6.25. The van der Waals surface area contributed by atoms with Crippen LogP contribution in [0.25, 0.3) is 0 Å². The first kappa shape index (κ1) is 13.1. The third-order valence-electron chi connectivity index (χ3n) is 3.46. The molecule has 4 nitrogen and oxygen atoms in total. The van der Waals surface area contributed by atoms with Crippen LogP contribution in [0.2, 0.25) is 0 Å². The predicted molar refractivity (Wildman–Crippen MR) is 72.8 cm³/mol. The zero-order chi connectivity index (χ0) is 13.2. The Balaban J connectivity index is 2.06. The Kier molecular flexibility index (Phi) is 3.68. The summed E-state index contributed by atoms with van der Waals surface area (Å²) in [4.78, 5) is 2.43. The summed E-state index contributed by atoms with van der Waals surface area (Å²) in [7, 11) is 0. The van der Waals surface area contributed by atoms with Gasteiger partial charge in [0.05, 0.1) is 13.2 Å². The molecule has 1 aromatic carbocycles. The van der Waals surface area contributed by atoms with E-state index in [1.54, 1.807) is 0 Å². The monoisotopic (exact) mass is 247 g/mol. The minimum absolute atomic E-state index is 0.0809. The third-order valence-corrected chi connectivity index (χ3v) is 3.46. The van der Waals surface area contributed by atoms with Gasteiger partial charge in [-0.15, -0.1) is 0 Å². The summed E-state index contributed by atoms with van der Waals surface area (Å²) in [6, 6.07) is 7.90. The molecule has 0 aliphatic carbocycles. The maximum Gasteiger partial charge on any atom is 0.122 e. The lowest BCUT2D eigenvalue weighted by atomic mass is 10.0. The van der Waals surface area contributed by atoms with Crippen LogP contribution in [-0.2, 0) is 11.3 Å². The van der Waals surface area contributed by atoms with E-state index < -0.39 is 0 Å². The fourth-order valence-electron chi connectivity index (χ4n) is 2.19. The molecule has 1 fully saturated rings. The largest absolute Gasteiger partial charge is 0.384 e. The Bertz CT molecular complexity index is 425. The van der Waals surface area contributed by atoms with Crippen molar-refractivity contribution >= 4 is 5.84 Å². The highest BCUT2D eigenvalue weighted by Gasteiger charge is 2.30. The van der Waals surface area contributed by atoms with Gasteiger partial charge in [0.15, 0.2) is 0 Å². The van der Waals surface area contributed by atoms with Crippen LogP contribution in [0.4, 0.5) is 0 Å². The summed E-state index contributed by atoms with van der Waals surface area (Å²) in [6.07, 6.45) is 0. The molecule has 4 heteroatoms. The quantitative estimate of drug-likeness (QED) is 0.629. The van der Waals surface area contributed by atoms with Crippen LogP contribution in [0.5, 0.6) is 0 Å². The lowest BCUT2D eigenvalue weighted by Crippen LogP contribution is -2.52. The first-order valence-corrected chi connectivity index (χ1v) is 6.25. The molecule has 1 heterocycles. The Morgan fingerprint density at radius 1 is 1.39 bits per heavy atom. The summed E-state index contributed by atoms with van der Waals surface area (Å²) in [5.41, 5.74) is 7.55. The standard InChI is InChI=1S/C14H21N3O/c1-14(2)10-18-8-7-17(14)9-11-3-5-12(6-4-11)13(15)16/h3-6H,7-10H2,1-2H3,(H3,15,16). The molecule has 0 unspecified atom stereocenters. The highest BCUT2D eigenvalue weighted by Crippen LogP contribution is 2.21. The van der Waals surface area contributed by atoms with Crippen LogP contribution in [0.3, 0.4) is 0 Å². The Labute approximate surface area is 108 Å². The van der Waals surface area contributed by atoms with Crippen LogP contribution in [-0.4, -0.2) is 36.0 Å². The van der Waals surface area contributed by atoms with Crippen LogP contribution < -0.4 is 5.73 Å². The Morgan fingerprint density at radius 3 is 2.61 bits per heavy atom. The van der Waals surface area contributed by atoms with Crippen LogP contribution in [0.1, 0.15) is 25.0 Å². The summed E-state index contributed by atoms with van der Waals surface area (Å²) < 4.78 is 5.52. The number of rotatable bonds is 3. The topological polar surface area (TPSA) is 62.3 Å². The second-order valence-corrected chi connectivity index (χ2v) is 5.40. The second-order valence-electron chi connectivity index (χ2n) is 5.40. The fourth-order valence-corrected chi connectivity index (χ4v) is 2.19. The minimum atomic E-state index is 0.0809. The molecule has 1 aliphatic heterocycles. The normalized spacial score (nSPS) is 19.7. The number of ether oxygens (including phenoxy) is 1. The molecule has 1 saturated heterocycles. The number of hydrogen-bond acceptors (Lipinski definition) is 3. The van der Waals surface area contributed by atoms with E-state index in [4.69, 9.17) is 15.9 Å². The number of nitrogens with one attached hydrogen (secondary N) is 1. The summed E-state index contributed by atoms with van der Waals surface area (Å²) in [5.74, 6) is 0.119. The SMILES string of the molecule is CC1(C)COCCN1Cc1ccc(C(=N)N)cc1. The first-order chi connectivity index (χ1) is 8.49. The third kappa shape index (κ3) is 2.89. The van der Waals surface area contributed by atoms with E-state index in [2.05, 4.69) is 18.7 Å². The van der Waals surface area contributed by atoms with Crippen molar-refractivity contribution < 1.29 is 4.74 Å². The van der Waals surface area contributed by atoms with Gasteiger partial charge in [-0.25, -0.2) is 0 Å². The second kappa shape index (κ2) is 5.08. The number of nitrogens with zero attached hydrogens (tertiary/aromatic N) is 1. The molecule has 0 aromatic heterocycles. The summed E-state index contributed by atoms with van der Waals surface area (Å²) in [5, 5.41) is 7.37. The van der Waals surface area contributed by atoms with Gasteiger partial charge in [0.2, 0.25) is 0 Å².